The molecule has 0 atom stereocenters. The number of fused-ring (bicyclic) bond motifs is 2. The lowest BCUT2D eigenvalue weighted by Crippen LogP contribution is -1.87. The molecule has 0 amide bonds. The summed E-state index contributed by atoms with van der Waals surface area (Å²) in [5, 5.41) is 8.55. The Hall–Kier alpha value is -3.58. The summed E-state index contributed by atoms with van der Waals surface area (Å²) < 4.78 is 0. The van der Waals surface area contributed by atoms with Gasteiger partial charge in [0, 0.05) is 11.4 Å². The maximum absolute atomic E-state index is 3.30. The van der Waals surface area contributed by atoms with Crippen molar-refractivity contribution in [3.63, 3.8) is 0 Å². The minimum Gasteiger partial charge on any atom is -0.356 e. The second-order valence-electron chi connectivity index (χ2n) is 6.40. The average molecular weight is 347 g/mol. The van der Waals surface area contributed by atoms with Crippen LogP contribution >= 0.6 is 0 Å². The second-order valence-corrected chi connectivity index (χ2v) is 6.40. The van der Waals surface area contributed by atoms with Crippen molar-refractivity contribution in [1.29, 1.82) is 0 Å². The van der Waals surface area contributed by atoms with E-state index in [-0.39, 0.29) is 0 Å². The molecule has 5 aromatic carbocycles. The smallest absolute Gasteiger partial charge is 0.0384 e. The summed E-state index contributed by atoms with van der Waals surface area (Å²) in [5.41, 5.74) is 2.24. The lowest BCUT2D eigenvalue weighted by atomic mass is 10.0. The third kappa shape index (κ3) is 4.34. The number of hydrogen-bond acceptors (Lipinski definition) is 1. The Morgan fingerprint density at radius 3 is 0.963 bits per heavy atom. The molecule has 27 heavy (non-hydrogen) atoms. The highest BCUT2D eigenvalue weighted by atomic mass is 14.9. The largest absolute Gasteiger partial charge is 0.356 e. The van der Waals surface area contributed by atoms with E-state index in [9.17, 15) is 0 Å². The Morgan fingerprint density at radius 2 is 0.630 bits per heavy atom. The number of anilines is 2. The van der Waals surface area contributed by atoms with E-state index in [0.29, 0.717) is 0 Å². The van der Waals surface area contributed by atoms with E-state index in [1.54, 1.807) is 0 Å². The zero-order valence-corrected chi connectivity index (χ0v) is 15.0. The van der Waals surface area contributed by atoms with Crippen LogP contribution in [-0.4, -0.2) is 0 Å². The van der Waals surface area contributed by atoms with E-state index in [4.69, 9.17) is 0 Å². The molecule has 0 bridgehead atoms. The molecule has 1 nitrogen and oxygen atoms in total. The van der Waals surface area contributed by atoms with E-state index in [1.807, 2.05) is 60.7 Å². The van der Waals surface area contributed by atoms with Crippen molar-refractivity contribution in [1.82, 2.24) is 0 Å². The van der Waals surface area contributed by atoms with Crippen molar-refractivity contribution in [2.24, 2.45) is 0 Å². The molecule has 5 aromatic rings. The quantitative estimate of drug-likeness (QED) is 0.327. The third-order valence-electron chi connectivity index (χ3n) is 4.45. The molecular formula is C26H21N. The standard InChI is InChI=1S/C14H10.C12H11N/c1-2-6-12-10-14-8-4-3-7-13(14)9-11(12)5-1;1-3-7-11(8-4-1)13-12-9-5-2-6-10-12/h1-10H;1-10,13H. The first-order valence-electron chi connectivity index (χ1n) is 9.13. The second kappa shape index (κ2) is 8.20. The zero-order chi connectivity index (χ0) is 18.3. The van der Waals surface area contributed by atoms with Crippen LogP contribution in [0.15, 0.2) is 121 Å². The van der Waals surface area contributed by atoms with Gasteiger partial charge in [-0.2, -0.15) is 0 Å². The maximum atomic E-state index is 3.30. The number of nitrogens with one attached hydrogen (secondary N) is 1. The van der Waals surface area contributed by atoms with Gasteiger partial charge in [-0.25, -0.2) is 0 Å². The summed E-state index contributed by atoms with van der Waals surface area (Å²) in [6.45, 7) is 0. The van der Waals surface area contributed by atoms with Crippen molar-refractivity contribution >= 4 is 32.9 Å². The van der Waals surface area contributed by atoms with Gasteiger partial charge in [-0.15, -0.1) is 0 Å². The Balaban J connectivity index is 0.000000134. The van der Waals surface area contributed by atoms with Gasteiger partial charge in [0.15, 0.2) is 0 Å². The number of hydrogen-bond donors (Lipinski definition) is 1. The highest BCUT2D eigenvalue weighted by molar-refractivity contribution is 5.98. The van der Waals surface area contributed by atoms with Crippen LogP contribution in [0.3, 0.4) is 0 Å². The normalized spacial score (nSPS) is 10.2. The molecule has 0 aliphatic rings. The van der Waals surface area contributed by atoms with Gasteiger partial charge in [-0.05, 0) is 57.9 Å². The van der Waals surface area contributed by atoms with E-state index in [0.717, 1.165) is 11.4 Å². The fourth-order valence-electron chi connectivity index (χ4n) is 3.09. The van der Waals surface area contributed by atoms with Crippen LogP contribution in [0.25, 0.3) is 21.5 Å². The fourth-order valence-corrected chi connectivity index (χ4v) is 3.09. The number of benzene rings is 5. The number of rotatable bonds is 2. The van der Waals surface area contributed by atoms with Crippen molar-refractivity contribution in [2.75, 3.05) is 5.32 Å². The first-order chi connectivity index (χ1) is 13.4. The topological polar surface area (TPSA) is 12.0 Å². The molecule has 0 aromatic heterocycles. The molecule has 0 heterocycles. The molecule has 0 aliphatic carbocycles. The summed E-state index contributed by atoms with van der Waals surface area (Å²) >= 11 is 0. The van der Waals surface area contributed by atoms with Gasteiger partial charge < -0.3 is 5.32 Å². The molecule has 0 spiro atoms. The van der Waals surface area contributed by atoms with Gasteiger partial charge in [-0.3, -0.25) is 0 Å². The minimum atomic E-state index is 1.12. The highest BCUT2D eigenvalue weighted by Gasteiger charge is 1.95. The van der Waals surface area contributed by atoms with Crippen LogP contribution in [-0.2, 0) is 0 Å². The molecule has 130 valence electrons. The van der Waals surface area contributed by atoms with Crippen LogP contribution in [0.1, 0.15) is 0 Å². The molecule has 0 saturated carbocycles. The van der Waals surface area contributed by atoms with Crippen molar-refractivity contribution in [3.05, 3.63) is 121 Å². The monoisotopic (exact) mass is 347 g/mol. The molecular weight excluding hydrogens is 326 g/mol. The Bertz CT molecular complexity index is 989. The van der Waals surface area contributed by atoms with E-state index in [1.165, 1.54) is 21.5 Å². The van der Waals surface area contributed by atoms with Crippen LogP contribution in [0.5, 0.6) is 0 Å². The van der Waals surface area contributed by atoms with Crippen molar-refractivity contribution in [3.8, 4) is 0 Å². The highest BCUT2D eigenvalue weighted by Crippen LogP contribution is 2.22. The van der Waals surface area contributed by atoms with Crippen LogP contribution < -0.4 is 5.32 Å². The summed E-state index contributed by atoms with van der Waals surface area (Å²) in [6, 6.07) is 41.7. The van der Waals surface area contributed by atoms with Crippen LogP contribution in [0.4, 0.5) is 11.4 Å². The Kier molecular flexibility index (Phi) is 5.12. The van der Waals surface area contributed by atoms with Gasteiger partial charge >= 0.3 is 0 Å². The van der Waals surface area contributed by atoms with Gasteiger partial charge in [-0.1, -0.05) is 84.9 Å². The van der Waals surface area contributed by atoms with Gasteiger partial charge in [0.2, 0.25) is 0 Å². The fraction of sp³-hybridized carbons (Fsp3) is 0. The third-order valence-corrected chi connectivity index (χ3v) is 4.45. The molecule has 0 aliphatic heterocycles. The molecule has 5 rings (SSSR count). The van der Waals surface area contributed by atoms with Gasteiger partial charge in [0.25, 0.3) is 0 Å². The van der Waals surface area contributed by atoms with Crippen LogP contribution in [0, 0.1) is 0 Å². The summed E-state index contributed by atoms with van der Waals surface area (Å²) in [5.74, 6) is 0. The number of para-hydroxylation sites is 2. The summed E-state index contributed by atoms with van der Waals surface area (Å²) in [6.07, 6.45) is 0. The van der Waals surface area contributed by atoms with E-state index in [2.05, 4.69) is 66.0 Å². The van der Waals surface area contributed by atoms with Crippen molar-refractivity contribution < 1.29 is 0 Å². The van der Waals surface area contributed by atoms with E-state index < -0.39 is 0 Å². The molecule has 1 heteroatoms. The Morgan fingerprint density at radius 1 is 0.333 bits per heavy atom. The Labute approximate surface area is 159 Å². The average Bonchev–Trinajstić information content (AvgIpc) is 2.74. The predicted octanol–water partition coefficient (Wildman–Crippen LogP) is 7.42. The van der Waals surface area contributed by atoms with E-state index >= 15 is 0 Å². The van der Waals surface area contributed by atoms with Crippen LogP contribution in [0.2, 0.25) is 0 Å². The summed E-state index contributed by atoms with van der Waals surface area (Å²) in [7, 11) is 0. The summed E-state index contributed by atoms with van der Waals surface area (Å²) in [4.78, 5) is 0. The van der Waals surface area contributed by atoms with Crippen molar-refractivity contribution in [2.45, 2.75) is 0 Å². The first-order valence-corrected chi connectivity index (χ1v) is 9.13. The molecule has 1 N–H and O–H groups in total. The molecule has 0 saturated heterocycles. The predicted molar refractivity (Wildman–Crippen MR) is 118 cm³/mol. The van der Waals surface area contributed by atoms with Gasteiger partial charge in [0.1, 0.15) is 0 Å². The first kappa shape index (κ1) is 16.9. The van der Waals surface area contributed by atoms with Gasteiger partial charge in [0.05, 0.1) is 0 Å². The SMILES string of the molecule is c1ccc(Nc2ccccc2)cc1.c1ccc2cc3ccccc3cc2c1. The lowest BCUT2D eigenvalue weighted by Gasteiger charge is -2.04. The lowest BCUT2D eigenvalue weighted by molar-refractivity contribution is 1.55. The zero-order valence-electron chi connectivity index (χ0n) is 15.0. The minimum absolute atomic E-state index is 1.12. The molecule has 0 unspecified atom stereocenters. The maximum Gasteiger partial charge on any atom is 0.0384 e. The molecule has 0 fully saturated rings. The molecule has 0 radical (unpaired) electrons.